The maximum atomic E-state index is 13.8. The number of esters is 2. The van der Waals surface area contributed by atoms with Crippen molar-refractivity contribution in [2.24, 2.45) is 22.2 Å². The third-order valence-electron chi connectivity index (χ3n) is 9.90. The smallest absolute Gasteiger partial charge is 0.315 e. The summed E-state index contributed by atoms with van der Waals surface area (Å²) in [6, 6.07) is 0. The quantitative estimate of drug-likeness (QED) is 0.476. The second-order valence-corrected chi connectivity index (χ2v) is 11.9. The SMILES string of the molecule is COC(=O)[C@]12C[C@@](C)(O)C(=O)[C@](C)(C[C@H]3C(C)=C4CC(=O)OC(C)(C)C4=CC[C@@]31C)[C@]21CO1. The van der Waals surface area contributed by atoms with Crippen molar-refractivity contribution in [3.63, 3.8) is 0 Å². The summed E-state index contributed by atoms with van der Waals surface area (Å²) in [5.41, 5.74) is -3.58. The predicted molar refractivity (Wildman–Crippen MR) is 118 cm³/mol. The molecule has 4 fully saturated rings. The molecule has 0 unspecified atom stereocenters. The number of ketones is 1. The number of methoxy groups -OCH3 is 1. The fraction of sp³-hybridized carbons (Fsp3) is 0.731. The van der Waals surface area contributed by atoms with Gasteiger partial charge in [0.1, 0.15) is 22.2 Å². The van der Waals surface area contributed by atoms with Crippen LogP contribution in [-0.2, 0) is 28.6 Å². The predicted octanol–water partition coefficient (Wildman–Crippen LogP) is 3.04. The van der Waals surface area contributed by atoms with E-state index in [4.69, 9.17) is 14.2 Å². The molecule has 2 aliphatic heterocycles. The summed E-state index contributed by atoms with van der Waals surface area (Å²) in [4.78, 5) is 40.0. The summed E-state index contributed by atoms with van der Waals surface area (Å²) in [6.45, 7) is 11.5. The van der Waals surface area contributed by atoms with E-state index in [1.807, 2.05) is 27.7 Å². The van der Waals surface area contributed by atoms with Crippen LogP contribution in [0.2, 0.25) is 0 Å². The lowest BCUT2D eigenvalue weighted by Crippen LogP contribution is -2.77. The number of aliphatic hydroxyl groups is 1. The highest BCUT2D eigenvalue weighted by Gasteiger charge is 2.88. The van der Waals surface area contributed by atoms with Crippen LogP contribution in [0.3, 0.4) is 0 Å². The molecule has 5 aliphatic rings. The molecule has 0 aromatic carbocycles. The lowest BCUT2D eigenvalue weighted by atomic mass is 9.34. The van der Waals surface area contributed by atoms with Crippen molar-refractivity contribution in [1.82, 2.24) is 0 Å². The molecule has 33 heavy (non-hydrogen) atoms. The molecular formula is C26H34O7. The number of hydrogen-bond donors (Lipinski definition) is 1. The highest BCUT2D eigenvalue weighted by atomic mass is 16.6. The first-order chi connectivity index (χ1) is 15.1. The van der Waals surface area contributed by atoms with Gasteiger partial charge in [-0.2, -0.15) is 0 Å². The van der Waals surface area contributed by atoms with Crippen molar-refractivity contribution in [2.45, 2.75) is 84.0 Å². The monoisotopic (exact) mass is 458 g/mol. The van der Waals surface area contributed by atoms with Crippen LogP contribution in [0.15, 0.2) is 22.8 Å². The molecule has 0 amide bonds. The molecule has 0 aromatic rings. The first-order valence-corrected chi connectivity index (χ1v) is 11.8. The van der Waals surface area contributed by atoms with Crippen LogP contribution in [-0.4, -0.2) is 53.3 Å². The Labute approximate surface area is 194 Å². The Morgan fingerprint density at radius 3 is 2.39 bits per heavy atom. The molecule has 2 saturated carbocycles. The second-order valence-electron chi connectivity index (χ2n) is 11.9. The van der Waals surface area contributed by atoms with E-state index in [0.717, 1.165) is 16.7 Å². The zero-order valence-electron chi connectivity index (χ0n) is 20.6. The Morgan fingerprint density at radius 1 is 1.18 bits per heavy atom. The van der Waals surface area contributed by atoms with E-state index in [2.05, 4.69) is 13.0 Å². The molecule has 2 saturated heterocycles. The first-order valence-electron chi connectivity index (χ1n) is 11.8. The van der Waals surface area contributed by atoms with Crippen LogP contribution in [0.1, 0.15) is 67.2 Å². The Bertz CT molecular complexity index is 1060. The van der Waals surface area contributed by atoms with E-state index in [1.54, 1.807) is 0 Å². The van der Waals surface area contributed by atoms with Gasteiger partial charge in [0.25, 0.3) is 0 Å². The summed E-state index contributed by atoms with van der Waals surface area (Å²) >= 11 is 0. The molecule has 0 radical (unpaired) electrons. The van der Waals surface area contributed by atoms with Crippen molar-refractivity contribution >= 4 is 17.7 Å². The molecule has 5 rings (SSSR count). The van der Waals surface area contributed by atoms with Gasteiger partial charge in [-0.3, -0.25) is 14.4 Å². The Kier molecular flexibility index (Phi) is 4.26. The van der Waals surface area contributed by atoms with E-state index in [0.29, 0.717) is 12.8 Å². The molecule has 7 nitrogen and oxygen atoms in total. The summed E-state index contributed by atoms with van der Waals surface area (Å²) in [5.74, 6) is -1.19. The number of allylic oxidation sites excluding steroid dienone is 2. The van der Waals surface area contributed by atoms with Gasteiger partial charge in [0.05, 0.1) is 25.6 Å². The van der Waals surface area contributed by atoms with Gasteiger partial charge in [-0.05, 0) is 69.9 Å². The summed E-state index contributed by atoms with van der Waals surface area (Å²) in [5, 5.41) is 11.3. The van der Waals surface area contributed by atoms with Gasteiger partial charge in [0, 0.05) is 6.42 Å². The van der Waals surface area contributed by atoms with Gasteiger partial charge in [-0.25, -0.2) is 0 Å². The van der Waals surface area contributed by atoms with Gasteiger partial charge in [-0.1, -0.05) is 18.6 Å². The number of carbonyl (C=O) groups excluding carboxylic acids is 3. The van der Waals surface area contributed by atoms with E-state index >= 15 is 0 Å². The van der Waals surface area contributed by atoms with E-state index in [-0.39, 0.29) is 37.1 Å². The average Bonchev–Trinajstić information content (AvgIpc) is 3.53. The van der Waals surface area contributed by atoms with E-state index in [1.165, 1.54) is 14.0 Å². The molecule has 7 heteroatoms. The average molecular weight is 459 g/mol. The number of Topliss-reactive ketones (excluding diaryl/α,β-unsaturated/α-hetero) is 1. The minimum Gasteiger partial charge on any atom is -0.468 e. The molecule has 1 N–H and O–H groups in total. The minimum atomic E-state index is -1.68. The fourth-order valence-corrected chi connectivity index (χ4v) is 8.29. The van der Waals surface area contributed by atoms with Crippen molar-refractivity contribution < 1.29 is 33.7 Å². The van der Waals surface area contributed by atoms with Gasteiger partial charge in [-0.15, -0.1) is 0 Å². The molecular weight excluding hydrogens is 424 g/mol. The minimum absolute atomic E-state index is 0.0568. The van der Waals surface area contributed by atoms with Crippen LogP contribution >= 0.6 is 0 Å². The Balaban J connectivity index is 1.83. The topological polar surface area (TPSA) is 102 Å². The summed E-state index contributed by atoms with van der Waals surface area (Å²) in [7, 11) is 1.36. The maximum absolute atomic E-state index is 13.8. The third-order valence-corrected chi connectivity index (χ3v) is 9.90. The second kappa shape index (κ2) is 6.16. The number of epoxide rings is 1. The van der Waals surface area contributed by atoms with Gasteiger partial charge >= 0.3 is 11.9 Å². The Morgan fingerprint density at radius 2 is 1.82 bits per heavy atom. The van der Waals surface area contributed by atoms with Crippen molar-refractivity contribution in [3.05, 3.63) is 22.8 Å². The number of hydrogen-bond acceptors (Lipinski definition) is 7. The molecule has 0 aromatic heterocycles. The van der Waals surface area contributed by atoms with Crippen molar-refractivity contribution in [1.29, 1.82) is 0 Å². The summed E-state index contributed by atoms with van der Waals surface area (Å²) < 4.78 is 17.2. The van der Waals surface area contributed by atoms with Crippen molar-refractivity contribution in [3.8, 4) is 0 Å². The number of ether oxygens (including phenoxy) is 3. The van der Waals surface area contributed by atoms with Crippen molar-refractivity contribution in [2.75, 3.05) is 13.7 Å². The number of carbonyl (C=O) groups is 3. The van der Waals surface area contributed by atoms with Crippen LogP contribution in [0.25, 0.3) is 0 Å². The first kappa shape index (κ1) is 22.8. The lowest BCUT2D eigenvalue weighted by molar-refractivity contribution is -0.235. The highest BCUT2D eigenvalue weighted by molar-refractivity contribution is 5.99. The third kappa shape index (κ3) is 2.35. The molecule has 180 valence electrons. The largest absolute Gasteiger partial charge is 0.468 e. The maximum Gasteiger partial charge on any atom is 0.315 e. The normalized spacial score (nSPS) is 47.8. The zero-order chi connectivity index (χ0) is 24.4. The lowest BCUT2D eigenvalue weighted by Gasteiger charge is -2.67. The van der Waals surface area contributed by atoms with Crippen LogP contribution in [0, 0.1) is 22.2 Å². The molecule has 3 aliphatic carbocycles. The standard InChI is InChI=1S/C26H34O7/c1-14-15-10-18(27)33-21(2,3)16(15)8-9-22(4)17(14)11-23(5)19(28)24(6,30)12-25(22,20(29)31-7)26(23)13-32-26/h8,17,30H,9-13H2,1-7H3/t17-,22-,23-,24+,25+,26+/m0/s1. The number of fused-ring (bicyclic) bond motifs is 3. The summed E-state index contributed by atoms with van der Waals surface area (Å²) in [6.07, 6.45) is 3.15. The van der Waals surface area contributed by atoms with Gasteiger partial charge < -0.3 is 19.3 Å². The molecule has 2 bridgehead atoms. The Hall–Kier alpha value is -1.99. The highest BCUT2D eigenvalue weighted by Crippen LogP contribution is 2.78. The number of cyclic esters (lactones) is 1. The molecule has 6 atom stereocenters. The van der Waals surface area contributed by atoms with Crippen LogP contribution in [0.5, 0.6) is 0 Å². The fourth-order valence-electron chi connectivity index (χ4n) is 8.29. The zero-order valence-corrected chi connectivity index (χ0v) is 20.6. The van der Waals surface area contributed by atoms with Gasteiger partial charge in [0.15, 0.2) is 5.78 Å². The van der Waals surface area contributed by atoms with E-state index in [9.17, 15) is 19.5 Å². The van der Waals surface area contributed by atoms with E-state index < -0.39 is 39.0 Å². The van der Waals surface area contributed by atoms with Crippen LogP contribution < -0.4 is 0 Å². The van der Waals surface area contributed by atoms with Gasteiger partial charge in [0.2, 0.25) is 0 Å². The van der Waals surface area contributed by atoms with Crippen LogP contribution in [0.4, 0.5) is 0 Å². The molecule has 2 heterocycles. The molecule has 1 spiro atoms. The number of rotatable bonds is 1.